The molecule has 2 heterocycles. The maximum atomic E-state index is 8.49. The Labute approximate surface area is 332 Å². The SMILES string of the molecule is [Cu+].[O-][Cl+3]([O-])([O-])[O-].c1ccc(-c2cc(-c3ccccc3)pc(-c3ccccc3)c2)cc1.c1ccc(-c2cc(-c3ccccc3)pc(-c3ccccc3)c2)cc1. The molecule has 0 N–H and O–H groups in total. The van der Waals surface area contributed by atoms with Crippen LogP contribution in [0, 0.1) is 10.2 Å². The van der Waals surface area contributed by atoms with E-state index in [-0.39, 0.29) is 17.1 Å². The summed E-state index contributed by atoms with van der Waals surface area (Å²) in [4.78, 5) is 0. The third-order valence-corrected chi connectivity index (χ3v) is 10.7. The largest absolute Gasteiger partial charge is 1.00 e. The Kier molecular flexibility index (Phi) is 15.1. The molecule has 0 atom stereocenters. The van der Waals surface area contributed by atoms with Gasteiger partial charge in [-0.2, -0.15) is 0 Å². The second-order valence-electron chi connectivity index (χ2n) is 11.8. The number of hydrogen-bond acceptors (Lipinski definition) is 4. The number of benzene rings is 6. The van der Waals surface area contributed by atoms with E-state index in [2.05, 4.69) is 206 Å². The third kappa shape index (κ3) is 12.1. The van der Waals surface area contributed by atoms with Gasteiger partial charge in [0, 0.05) is 21.2 Å². The van der Waals surface area contributed by atoms with E-state index in [0.29, 0.717) is 0 Å². The summed E-state index contributed by atoms with van der Waals surface area (Å²) < 4.78 is 34.0. The molecule has 0 aliphatic rings. The molecule has 0 radical (unpaired) electrons. The van der Waals surface area contributed by atoms with Crippen molar-refractivity contribution < 1.29 is 45.9 Å². The quantitative estimate of drug-likeness (QED) is 0.156. The summed E-state index contributed by atoms with van der Waals surface area (Å²) >= 11 is 0. The molecular weight excluding hydrogens is 777 g/mol. The molecule has 0 amide bonds. The van der Waals surface area contributed by atoms with E-state index >= 15 is 0 Å². The van der Waals surface area contributed by atoms with Gasteiger partial charge in [0.2, 0.25) is 0 Å². The predicted octanol–water partition coefficient (Wildman–Crippen LogP) is 9.78. The molecule has 270 valence electrons. The number of rotatable bonds is 6. The van der Waals surface area contributed by atoms with Crippen LogP contribution in [0.5, 0.6) is 0 Å². The maximum Gasteiger partial charge on any atom is 1.00 e. The van der Waals surface area contributed by atoms with Gasteiger partial charge in [-0.05, 0) is 68.8 Å². The van der Waals surface area contributed by atoms with Crippen LogP contribution in [0.3, 0.4) is 0 Å². The van der Waals surface area contributed by atoms with Crippen molar-refractivity contribution in [2.24, 2.45) is 0 Å². The molecule has 2 aromatic heterocycles. The van der Waals surface area contributed by atoms with Crippen LogP contribution < -0.4 is 18.6 Å². The molecule has 0 saturated heterocycles. The monoisotopic (exact) mass is 810 g/mol. The summed E-state index contributed by atoms with van der Waals surface area (Å²) in [5.41, 5.74) is 10.2. The summed E-state index contributed by atoms with van der Waals surface area (Å²) in [5.74, 6) is 0. The van der Waals surface area contributed by atoms with Crippen LogP contribution in [0.2, 0.25) is 0 Å². The molecule has 0 aliphatic carbocycles. The van der Waals surface area contributed by atoms with Gasteiger partial charge in [0.1, 0.15) is 0 Å². The molecule has 4 nitrogen and oxygen atoms in total. The Bertz CT molecular complexity index is 1870. The first-order valence-electron chi connectivity index (χ1n) is 16.8. The van der Waals surface area contributed by atoms with Crippen LogP contribution in [-0.4, -0.2) is 0 Å². The second kappa shape index (κ2) is 20.1. The second-order valence-corrected chi connectivity index (χ2v) is 15.0. The molecule has 0 saturated carbocycles. The van der Waals surface area contributed by atoms with E-state index in [0.717, 1.165) is 0 Å². The molecule has 0 bridgehead atoms. The fourth-order valence-electron chi connectivity index (χ4n) is 5.68. The fraction of sp³-hybridized carbons (Fsp3) is 0. The van der Waals surface area contributed by atoms with Gasteiger partial charge in [-0.15, -0.1) is 10.2 Å². The molecular formula is C46H34ClCuO4P2. The first kappa shape index (κ1) is 40.5. The minimum Gasteiger partial charge on any atom is -0.222 e. The van der Waals surface area contributed by atoms with Crippen LogP contribution >= 0.6 is 16.4 Å². The van der Waals surface area contributed by atoms with Crippen molar-refractivity contribution in [1.29, 1.82) is 0 Å². The van der Waals surface area contributed by atoms with Crippen molar-refractivity contribution in [1.82, 2.24) is 0 Å². The van der Waals surface area contributed by atoms with E-state index in [9.17, 15) is 0 Å². The minimum absolute atomic E-state index is 0. The topological polar surface area (TPSA) is 92.2 Å². The van der Waals surface area contributed by atoms with Crippen LogP contribution in [0.1, 0.15) is 0 Å². The summed E-state index contributed by atoms with van der Waals surface area (Å²) in [5, 5.41) is 5.37. The molecule has 0 aliphatic heterocycles. The maximum absolute atomic E-state index is 8.49. The summed E-state index contributed by atoms with van der Waals surface area (Å²) in [7, 11) is -2.44. The van der Waals surface area contributed by atoms with Gasteiger partial charge >= 0.3 is 17.1 Å². The third-order valence-electron chi connectivity index (χ3n) is 8.14. The standard InChI is InChI=1S/2C23H17P.ClHO4.Cu/c2*1-4-10-18(11-5-1)21-16-22(19-12-6-2-7-13-19)24-23(17-21)20-14-8-3-9-15-20;2-1(3,4)5;/h2*1-17H;(H,2,3,4,5);/q;;;+1/p-1. The van der Waals surface area contributed by atoms with Crippen LogP contribution in [0.25, 0.3) is 65.7 Å². The van der Waals surface area contributed by atoms with Crippen LogP contribution in [0.15, 0.2) is 206 Å². The van der Waals surface area contributed by atoms with E-state index in [1.165, 1.54) is 82.1 Å². The van der Waals surface area contributed by atoms with Crippen molar-refractivity contribution in [2.75, 3.05) is 0 Å². The van der Waals surface area contributed by atoms with Gasteiger partial charge in [0.15, 0.2) is 0 Å². The van der Waals surface area contributed by atoms with E-state index in [4.69, 9.17) is 18.6 Å². The zero-order valence-electron chi connectivity index (χ0n) is 28.8. The van der Waals surface area contributed by atoms with Gasteiger partial charge in [0.25, 0.3) is 0 Å². The summed E-state index contributed by atoms with van der Waals surface area (Å²) in [6.07, 6.45) is 0. The predicted molar refractivity (Wildman–Crippen MR) is 211 cm³/mol. The number of hydrogen-bond donors (Lipinski definition) is 0. The molecule has 8 rings (SSSR count). The molecule has 54 heavy (non-hydrogen) atoms. The van der Waals surface area contributed by atoms with Gasteiger partial charge in [-0.3, -0.25) is 0 Å². The molecule has 6 aromatic carbocycles. The van der Waals surface area contributed by atoms with Gasteiger partial charge in [-0.25, -0.2) is 18.6 Å². The summed E-state index contributed by atoms with van der Waals surface area (Å²) in [6.45, 7) is 0. The van der Waals surface area contributed by atoms with Crippen molar-refractivity contribution in [3.8, 4) is 65.7 Å². The Balaban J connectivity index is 0.000000182. The average molecular weight is 812 g/mol. The van der Waals surface area contributed by atoms with E-state index in [1.54, 1.807) is 0 Å². The Hall–Kier alpha value is -4.73. The van der Waals surface area contributed by atoms with Crippen LogP contribution in [-0.2, 0) is 17.1 Å². The van der Waals surface area contributed by atoms with Crippen molar-refractivity contribution >= 4 is 16.4 Å². The van der Waals surface area contributed by atoms with Gasteiger partial charge in [0.05, 0.1) is 0 Å². The Morgan fingerprint density at radius 2 is 0.426 bits per heavy atom. The molecule has 0 fully saturated rings. The van der Waals surface area contributed by atoms with Gasteiger partial charge < -0.3 is 0 Å². The number of halogens is 1. The average Bonchev–Trinajstić information content (AvgIpc) is 3.22. The molecule has 8 aromatic rings. The Morgan fingerprint density at radius 1 is 0.259 bits per heavy atom. The van der Waals surface area contributed by atoms with Crippen molar-refractivity contribution in [3.63, 3.8) is 0 Å². The first-order chi connectivity index (χ1) is 25.8. The molecule has 0 unspecified atom stereocenters. The van der Waals surface area contributed by atoms with Gasteiger partial charge in [-0.1, -0.05) is 198 Å². The molecule has 0 spiro atoms. The van der Waals surface area contributed by atoms with Crippen molar-refractivity contribution in [3.05, 3.63) is 206 Å². The minimum atomic E-state index is -4.94. The van der Waals surface area contributed by atoms with Crippen LogP contribution in [0.4, 0.5) is 0 Å². The van der Waals surface area contributed by atoms with E-state index < -0.39 is 10.2 Å². The Morgan fingerprint density at radius 3 is 0.611 bits per heavy atom. The first-order valence-corrected chi connectivity index (χ1v) is 19.8. The summed E-state index contributed by atoms with van der Waals surface area (Å²) in [6, 6.07) is 73.1. The zero-order chi connectivity index (χ0) is 36.9. The fourth-order valence-corrected chi connectivity index (χ4v) is 8.13. The zero-order valence-corrected chi connectivity index (χ0v) is 32.3. The van der Waals surface area contributed by atoms with E-state index in [1.807, 2.05) is 0 Å². The smallest absolute Gasteiger partial charge is 0.222 e. The normalized spacial score (nSPS) is 10.4. The molecule has 8 heteroatoms. The van der Waals surface area contributed by atoms with Crippen molar-refractivity contribution in [2.45, 2.75) is 0 Å².